The quantitative estimate of drug-likeness (QED) is 0.919. The van der Waals surface area contributed by atoms with Crippen LogP contribution in [0.25, 0.3) is 0 Å². The van der Waals surface area contributed by atoms with Crippen molar-refractivity contribution in [1.29, 1.82) is 0 Å². The van der Waals surface area contributed by atoms with Gasteiger partial charge in [0.05, 0.1) is 0 Å². The van der Waals surface area contributed by atoms with E-state index in [1.54, 1.807) is 0 Å². The highest BCUT2D eigenvalue weighted by Crippen LogP contribution is 2.15. The molecule has 17 heavy (non-hydrogen) atoms. The van der Waals surface area contributed by atoms with E-state index in [4.69, 9.17) is 0 Å². The first-order chi connectivity index (χ1) is 8.24. The minimum Gasteiger partial charge on any atom is -0.312 e. The van der Waals surface area contributed by atoms with Crippen LogP contribution in [0.5, 0.6) is 0 Å². The average molecular weight is 297 g/mol. The van der Waals surface area contributed by atoms with Gasteiger partial charge in [-0.2, -0.15) is 0 Å². The Bertz CT molecular complexity index is 329. The summed E-state index contributed by atoms with van der Waals surface area (Å²) in [5.41, 5.74) is 1.36. The van der Waals surface area contributed by atoms with Crippen LogP contribution in [-0.4, -0.2) is 31.6 Å². The van der Waals surface area contributed by atoms with E-state index in [2.05, 4.69) is 57.5 Å². The van der Waals surface area contributed by atoms with Crippen molar-refractivity contribution in [1.82, 2.24) is 10.2 Å². The third-order valence-electron chi connectivity index (χ3n) is 3.51. The van der Waals surface area contributed by atoms with E-state index in [-0.39, 0.29) is 0 Å². The number of halogens is 1. The molecule has 1 aromatic carbocycles. The zero-order chi connectivity index (χ0) is 12.1. The Morgan fingerprint density at radius 3 is 2.53 bits per heavy atom. The minimum atomic E-state index is 0.863. The van der Waals surface area contributed by atoms with Gasteiger partial charge >= 0.3 is 0 Å². The third-order valence-corrected chi connectivity index (χ3v) is 4.04. The van der Waals surface area contributed by atoms with Gasteiger partial charge in [-0.1, -0.05) is 28.1 Å². The summed E-state index contributed by atoms with van der Waals surface area (Å²) in [4.78, 5) is 2.42. The standard InChI is InChI=1S/C14H21BrN2/c1-17-8-6-13(7-9-17)11-16-10-12-2-4-14(15)5-3-12/h2-5,13,16H,6-11H2,1H3. The molecule has 1 fully saturated rings. The third kappa shape index (κ3) is 4.41. The lowest BCUT2D eigenvalue weighted by Crippen LogP contribution is -2.34. The van der Waals surface area contributed by atoms with Crippen molar-refractivity contribution in [2.75, 3.05) is 26.7 Å². The Kier molecular flexibility index (Phi) is 5.01. The van der Waals surface area contributed by atoms with E-state index in [1.165, 1.54) is 31.5 Å². The van der Waals surface area contributed by atoms with Crippen LogP contribution in [0, 0.1) is 5.92 Å². The summed E-state index contributed by atoms with van der Waals surface area (Å²) in [5, 5.41) is 3.57. The number of piperidine rings is 1. The number of hydrogen-bond donors (Lipinski definition) is 1. The predicted molar refractivity (Wildman–Crippen MR) is 76.1 cm³/mol. The number of nitrogens with one attached hydrogen (secondary N) is 1. The molecule has 94 valence electrons. The summed E-state index contributed by atoms with van der Waals surface area (Å²) in [5.74, 6) is 0.863. The fraction of sp³-hybridized carbons (Fsp3) is 0.571. The Hall–Kier alpha value is -0.380. The lowest BCUT2D eigenvalue weighted by Gasteiger charge is -2.29. The van der Waals surface area contributed by atoms with E-state index in [0.717, 1.165) is 23.5 Å². The first kappa shape index (κ1) is 13.1. The van der Waals surface area contributed by atoms with Crippen molar-refractivity contribution in [2.24, 2.45) is 5.92 Å². The van der Waals surface area contributed by atoms with Gasteiger partial charge in [-0.05, 0) is 63.1 Å². The lowest BCUT2D eigenvalue weighted by atomic mass is 9.97. The summed E-state index contributed by atoms with van der Waals surface area (Å²) in [6.45, 7) is 4.65. The molecular weight excluding hydrogens is 276 g/mol. The normalized spacial score (nSPS) is 18.5. The van der Waals surface area contributed by atoms with Gasteiger partial charge in [-0.15, -0.1) is 0 Å². The van der Waals surface area contributed by atoms with Crippen LogP contribution >= 0.6 is 15.9 Å². The minimum absolute atomic E-state index is 0.863. The average Bonchev–Trinajstić information content (AvgIpc) is 2.34. The highest BCUT2D eigenvalue weighted by molar-refractivity contribution is 9.10. The van der Waals surface area contributed by atoms with E-state index in [1.807, 2.05) is 0 Å². The van der Waals surface area contributed by atoms with Gasteiger partial charge in [-0.25, -0.2) is 0 Å². The number of nitrogens with zero attached hydrogens (tertiary/aromatic N) is 1. The molecule has 1 aromatic rings. The van der Waals surface area contributed by atoms with Gasteiger partial charge in [-0.3, -0.25) is 0 Å². The number of rotatable bonds is 4. The van der Waals surface area contributed by atoms with Crippen molar-refractivity contribution in [3.63, 3.8) is 0 Å². The van der Waals surface area contributed by atoms with Gasteiger partial charge in [0.2, 0.25) is 0 Å². The zero-order valence-electron chi connectivity index (χ0n) is 10.5. The summed E-state index contributed by atoms with van der Waals surface area (Å²) in [6.07, 6.45) is 2.67. The van der Waals surface area contributed by atoms with Crippen LogP contribution in [0.2, 0.25) is 0 Å². The van der Waals surface area contributed by atoms with Crippen LogP contribution < -0.4 is 5.32 Å². The van der Waals surface area contributed by atoms with Gasteiger partial charge in [0, 0.05) is 11.0 Å². The van der Waals surface area contributed by atoms with Gasteiger partial charge in [0.1, 0.15) is 0 Å². The second-order valence-corrected chi connectivity index (χ2v) is 5.92. The Morgan fingerprint density at radius 1 is 1.24 bits per heavy atom. The Morgan fingerprint density at radius 2 is 1.88 bits per heavy atom. The molecule has 0 aliphatic carbocycles. The molecule has 1 aliphatic heterocycles. The summed E-state index contributed by atoms with van der Waals surface area (Å²) in [7, 11) is 2.21. The first-order valence-corrected chi connectivity index (χ1v) is 7.17. The zero-order valence-corrected chi connectivity index (χ0v) is 12.0. The molecular formula is C14H21BrN2. The van der Waals surface area contributed by atoms with Crippen molar-refractivity contribution in [3.8, 4) is 0 Å². The topological polar surface area (TPSA) is 15.3 Å². The summed E-state index contributed by atoms with van der Waals surface area (Å²) in [6, 6.07) is 8.55. The molecule has 0 saturated carbocycles. The van der Waals surface area contributed by atoms with Crippen molar-refractivity contribution in [3.05, 3.63) is 34.3 Å². The van der Waals surface area contributed by atoms with Crippen LogP contribution in [0.1, 0.15) is 18.4 Å². The maximum Gasteiger partial charge on any atom is 0.0205 e. The van der Waals surface area contributed by atoms with Gasteiger partial charge < -0.3 is 10.2 Å². The largest absolute Gasteiger partial charge is 0.312 e. The van der Waals surface area contributed by atoms with Crippen molar-refractivity contribution >= 4 is 15.9 Å². The van der Waals surface area contributed by atoms with E-state index in [0.29, 0.717) is 0 Å². The Labute approximate surface area is 113 Å². The molecule has 1 N–H and O–H groups in total. The Balaban J connectivity index is 1.67. The molecule has 0 bridgehead atoms. The highest BCUT2D eigenvalue weighted by atomic mass is 79.9. The van der Waals surface area contributed by atoms with E-state index >= 15 is 0 Å². The number of hydrogen-bond acceptors (Lipinski definition) is 2. The molecule has 0 radical (unpaired) electrons. The van der Waals surface area contributed by atoms with E-state index in [9.17, 15) is 0 Å². The molecule has 0 amide bonds. The maximum atomic E-state index is 3.57. The molecule has 0 atom stereocenters. The number of benzene rings is 1. The first-order valence-electron chi connectivity index (χ1n) is 6.38. The molecule has 1 saturated heterocycles. The lowest BCUT2D eigenvalue weighted by molar-refractivity contribution is 0.216. The second kappa shape index (κ2) is 6.53. The molecule has 0 spiro atoms. The van der Waals surface area contributed by atoms with E-state index < -0.39 is 0 Å². The molecule has 2 rings (SSSR count). The van der Waals surface area contributed by atoms with Crippen LogP contribution in [0.3, 0.4) is 0 Å². The van der Waals surface area contributed by atoms with Crippen LogP contribution in [-0.2, 0) is 6.54 Å². The SMILES string of the molecule is CN1CCC(CNCc2ccc(Br)cc2)CC1. The van der Waals surface area contributed by atoms with Crippen LogP contribution in [0.4, 0.5) is 0 Å². The number of likely N-dealkylation sites (tertiary alicyclic amines) is 1. The monoisotopic (exact) mass is 296 g/mol. The molecule has 1 heterocycles. The fourth-order valence-corrected chi connectivity index (χ4v) is 2.55. The van der Waals surface area contributed by atoms with Crippen molar-refractivity contribution < 1.29 is 0 Å². The van der Waals surface area contributed by atoms with Gasteiger partial charge in [0.15, 0.2) is 0 Å². The molecule has 2 nitrogen and oxygen atoms in total. The maximum absolute atomic E-state index is 3.57. The molecule has 0 aromatic heterocycles. The smallest absolute Gasteiger partial charge is 0.0205 e. The highest BCUT2D eigenvalue weighted by Gasteiger charge is 2.15. The summed E-state index contributed by atoms with van der Waals surface area (Å²) >= 11 is 3.46. The second-order valence-electron chi connectivity index (χ2n) is 5.00. The molecule has 0 unspecified atom stereocenters. The molecule has 3 heteroatoms. The van der Waals surface area contributed by atoms with Gasteiger partial charge in [0.25, 0.3) is 0 Å². The van der Waals surface area contributed by atoms with Crippen molar-refractivity contribution in [2.45, 2.75) is 19.4 Å². The summed E-state index contributed by atoms with van der Waals surface area (Å²) < 4.78 is 1.15. The fourth-order valence-electron chi connectivity index (χ4n) is 2.29. The van der Waals surface area contributed by atoms with Crippen LogP contribution in [0.15, 0.2) is 28.7 Å². The molecule has 1 aliphatic rings. The predicted octanol–water partition coefficient (Wildman–Crippen LogP) is 2.88.